The van der Waals surface area contributed by atoms with Crippen molar-refractivity contribution in [2.45, 2.75) is 57.2 Å². The highest BCUT2D eigenvalue weighted by atomic mass is 32.1. The molecule has 0 bridgehead atoms. The number of carbonyl (C=O) groups excluding carboxylic acids is 3. The largest absolute Gasteiger partial charge is 0.434 e. The summed E-state index contributed by atoms with van der Waals surface area (Å²) in [5, 5.41) is 9.00. The Bertz CT molecular complexity index is 1280. The molecule has 3 aromatic rings. The fourth-order valence-electron chi connectivity index (χ4n) is 4.65. The third-order valence-corrected chi connectivity index (χ3v) is 7.59. The van der Waals surface area contributed by atoms with Crippen LogP contribution in [0.1, 0.15) is 70.7 Å². The predicted octanol–water partition coefficient (Wildman–Crippen LogP) is 5.15. The molecule has 2 aromatic heterocycles. The number of nitrogens with one attached hydrogen (secondary N) is 2. The lowest BCUT2D eigenvalue weighted by Crippen LogP contribution is -2.44. The number of amides is 3. The first-order valence-electron chi connectivity index (χ1n) is 12.4. The van der Waals surface area contributed by atoms with Crippen molar-refractivity contribution in [2.75, 3.05) is 5.32 Å². The van der Waals surface area contributed by atoms with Gasteiger partial charge in [-0.2, -0.15) is 18.3 Å². The lowest BCUT2D eigenvalue weighted by molar-refractivity contribution is -0.143. The van der Waals surface area contributed by atoms with Gasteiger partial charge in [0.1, 0.15) is 6.04 Å². The first-order chi connectivity index (χ1) is 18.1. The Balaban J connectivity index is 1.43. The molecule has 1 aromatic carbocycles. The van der Waals surface area contributed by atoms with Crippen molar-refractivity contribution in [1.29, 1.82) is 0 Å². The molecule has 202 valence electrons. The van der Waals surface area contributed by atoms with E-state index in [1.165, 1.54) is 43.5 Å². The van der Waals surface area contributed by atoms with Crippen LogP contribution in [-0.2, 0) is 11.0 Å². The summed E-state index contributed by atoms with van der Waals surface area (Å²) in [5.41, 5.74) is 3.79. The Morgan fingerprint density at radius 1 is 1.05 bits per heavy atom. The van der Waals surface area contributed by atoms with Gasteiger partial charge in [0, 0.05) is 0 Å². The summed E-state index contributed by atoms with van der Waals surface area (Å²) in [6, 6.07) is 9.68. The minimum atomic E-state index is -4.85. The van der Waals surface area contributed by atoms with E-state index in [0.29, 0.717) is 17.0 Å². The van der Waals surface area contributed by atoms with Crippen molar-refractivity contribution < 1.29 is 27.6 Å². The zero-order chi connectivity index (χ0) is 27.3. The maximum atomic E-state index is 13.9. The SMILES string of the molecule is NC(=O)[C@H](CCC1CCCCC1)NC(=O)c1ccc(NC(=O)c2cnn(-c3ccccc3)c2C(F)(F)F)s1. The third-order valence-electron chi connectivity index (χ3n) is 6.59. The molecule has 1 saturated carbocycles. The number of thiophene rings is 1. The van der Waals surface area contributed by atoms with E-state index in [1.54, 1.807) is 18.2 Å². The molecule has 1 atom stereocenters. The number of halogens is 3. The Morgan fingerprint density at radius 3 is 2.42 bits per heavy atom. The first kappa shape index (κ1) is 27.4. The van der Waals surface area contributed by atoms with Gasteiger partial charge in [-0.1, -0.05) is 50.3 Å². The van der Waals surface area contributed by atoms with Crippen molar-refractivity contribution in [2.24, 2.45) is 11.7 Å². The maximum absolute atomic E-state index is 13.9. The molecule has 0 spiro atoms. The summed E-state index contributed by atoms with van der Waals surface area (Å²) < 4.78 is 42.3. The van der Waals surface area contributed by atoms with Crippen molar-refractivity contribution in [3.63, 3.8) is 0 Å². The number of nitrogens with zero attached hydrogens (tertiary/aromatic N) is 2. The van der Waals surface area contributed by atoms with Gasteiger partial charge >= 0.3 is 6.18 Å². The van der Waals surface area contributed by atoms with Gasteiger partial charge in [-0.05, 0) is 43.0 Å². The van der Waals surface area contributed by atoms with E-state index in [2.05, 4.69) is 15.7 Å². The van der Waals surface area contributed by atoms with E-state index >= 15 is 0 Å². The zero-order valence-electron chi connectivity index (χ0n) is 20.5. The Hall–Kier alpha value is -3.67. The molecular weight excluding hydrogens is 519 g/mol. The van der Waals surface area contributed by atoms with Crippen LogP contribution < -0.4 is 16.4 Å². The van der Waals surface area contributed by atoms with E-state index < -0.39 is 41.2 Å². The molecule has 38 heavy (non-hydrogen) atoms. The van der Waals surface area contributed by atoms with Gasteiger partial charge in [-0.15, -0.1) is 11.3 Å². The average molecular weight is 548 g/mol. The van der Waals surface area contributed by atoms with Crippen molar-refractivity contribution in [3.05, 3.63) is 64.8 Å². The van der Waals surface area contributed by atoms with Crippen molar-refractivity contribution in [1.82, 2.24) is 15.1 Å². The number of hydrogen-bond acceptors (Lipinski definition) is 5. The minimum Gasteiger partial charge on any atom is -0.368 e. The van der Waals surface area contributed by atoms with Gasteiger partial charge in [0.2, 0.25) is 5.91 Å². The van der Waals surface area contributed by atoms with Gasteiger partial charge in [0.05, 0.1) is 27.3 Å². The molecule has 4 N–H and O–H groups in total. The summed E-state index contributed by atoms with van der Waals surface area (Å²) in [4.78, 5) is 37.6. The van der Waals surface area contributed by atoms with Crippen LogP contribution in [0, 0.1) is 5.92 Å². The summed E-state index contributed by atoms with van der Waals surface area (Å²) in [7, 11) is 0. The summed E-state index contributed by atoms with van der Waals surface area (Å²) >= 11 is 0.876. The van der Waals surface area contributed by atoms with E-state index in [1.807, 2.05) is 0 Å². The van der Waals surface area contributed by atoms with Crippen LogP contribution in [0.5, 0.6) is 0 Å². The van der Waals surface area contributed by atoms with Crippen LogP contribution in [0.3, 0.4) is 0 Å². The van der Waals surface area contributed by atoms with Crippen LogP contribution in [0.25, 0.3) is 5.69 Å². The number of hydrogen-bond donors (Lipinski definition) is 3. The minimum absolute atomic E-state index is 0.154. The third kappa shape index (κ3) is 6.60. The second-order valence-corrected chi connectivity index (χ2v) is 10.4. The number of primary amides is 1. The van der Waals surface area contributed by atoms with E-state index in [-0.39, 0.29) is 15.6 Å². The molecule has 0 unspecified atom stereocenters. The van der Waals surface area contributed by atoms with Crippen LogP contribution in [-0.4, -0.2) is 33.5 Å². The van der Waals surface area contributed by atoms with Crippen LogP contribution in [0.15, 0.2) is 48.7 Å². The van der Waals surface area contributed by atoms with Gasteiger partial charge in [-0.25, -0.2) is 4.68 Å². The highest BCUT2D eigenvalue weighted by molar-refractivity contribution is 7.18. The molecule has 0 radical (unpaired) electrons. The summed E-state index contributed by atoms with van der Waals surface area (Å²) in [6.45, 7) is 0. The van der Waals surface area contributed by atoms with Gasteiger partial charge in [0.25, 0.3) is 11.8 Å². The van der Waals surface area contributed by atoms with Crippen molar-refractivity contribution in [3.8, 4) is 5.69 Å². The second-order valence-electron chi connectivity index (χ2n) is 9.28. The molecule has 8 nitrogen and oxygen atoms in total. The molecule has 1 aliphatic carbocycles. The van der Waals surface area contributed by atoms with Gasteiger partial charge in [-0.3, -0.25) is 14.4 Å². The van der Waals surface area contributed by atoms with E-state index in [4.69, 9.17) is 5.73 Å². The molecule has 12 heteroatoms. The smallest absolute Gasteiger partial charge is 0.368 e. The Labute approximate surface area is 221 Å². The Kier molecular flexibility index (Phi) is 8.50. The number of anilines is 1. The predicted molar refractivity (Wildman–Crippen MR) is 137 cm³/mol. The normalized spacial score (nSPS) is 15.1. The molecule has 0 saturated heterocycles. The lowest BCUT2D eigenvalue weighted by atomic mass is 9.85. The second kappa shape index (κ2) is 11.8. The standard InChI is InChI=1S/C26H28F3N5O3S/c27-26(28,29)22-18(15-31-34(22)17-9-5-2-6-10-17)24(36)33-21-14-13-20(38-21)25(37)32-19(23(30)35)12-11-16-7-3-1-4-8-16/h2,5-6,9-10,13-16,19H,1,3-4,7-8,11-12H2,(H2,30,35)(H,32,37)(H,33,36)/t19-/m0/s1. The molecule has 4 rings (SSSR count). The Morgan fingerprint density at radius 2 is 1.76 bits per heavy atom. The molecule has 1 aliphatic rings. The molecule has 0 aliphatic heterocycles. The number of alkyl halides is 3. The number of carbonyl (C=O) groups is 3. The first-order valence-corrected chi connectivity index (χ1v) is 13.2. The topological polar surface area (TPSA) is 119 Å². The average Bonchev–Trinajstić information content (AvgIpc) is 3.55. The number of para-hydroxylation sites is 1. The quantitative estimate of drug-likeness (QED) is 0.343. The van der Waals surface area contributed by atoms with E-state index in [0.717, 1.165) is 36.8 Å². The van der Waals surface area contributed by atoms with Crippen LogP contribution in [0.4, 0.5) is 18.2 Å². The number of benzene rings is 1. The molecule has 3 amide bonds. The molecule has 1 fully saturated rings. The van der Waals surface area contributed by atoms with Gasteiger partial charge < -0.3 is 16.4 Å². The monoisotopic (exact) mass is 547 g/mol. The van der Waals surface area contributed by atoms with Crippen LogP contribution in [0.2, 0.25) is 0 Å². The number of rotatable bonds is 9. The van der Waals surface area contributed by atoms with Crippen molar-refractivity contribution >= 4 is 34.1 Å². The summed E-state index contributed by atoms with van der Waals surface area (Å²) in [5.74, 6) is -1.68. The highest BCUT2D eigenvalue weighted by Gasteiger charge is 2.40. The lowest BCUT2D eigenvalue weighted by Gasteiger charge is -2.23. The number of nitrogens with two attached hydrogens (primary N) is 1. The van der Waals surface area contributed by atoms with Crippen LogP contribution >= 0.6 is 11.3 Å². The molecular formula is C26H28F3N5O3S. The summed E-state index contributed by atoms with van der Waals surface area (Å²) in [6.07, 6.45) is 3.00. The fraction of sp³-hybridized carbons (Fsp3) is 0.385. The molecule has 2 heterocycles. The highest BCUT2D eigenvalue weighted by Crippen LogP contribution is 2.34. The zero-order valence-corrected chi connectivity index (χ0v) is 21.3. The van der Waals surface area contributed by atoms with E-state index in [9.17, 15) is 27.6 Å². The van der Waals surface area contributed by atoms with Gasteiger partial charge in [0.15, 0.2) is 5.69 Å². The fourth-order valence-corrected chi connectivity index (χ4v) is 5.46. The maximum Gasteiger partial charge on any atom is 0.434 e. The number of aromatic nitrogens is 2.